The van der Waals surface area contributed by atoms with E-state index in [1.165, 1.54) is 49.8 Å². The van der Waals surface area contributed by atoms with Gasteiger partial charge in [0.2, 0.25) is 5.91 Å². The van der Waals surface area contributed by atoms with E-state index < -0.39 is 50.9 Å². The van der Waals surface area contributed by atoms with Gasteiger partial charge in [-0.25, -0.2) is 40.7 Å². The average molecular weight is 766 g/mol. The number of benzene rings is 3. The summed E-state index contributed by atoms with van der Waals surface area (Å²) in [5, 5.41) is 3.29. The zero-order valence-electron chi connectivity index (χ0n) is 28.6. The highest BCUT2D eigenvalue weighted by atomic mass is 32.2. The molecular weight excluding hydrogens is 732 g/mol. The number of piperidine rings is 1. The molecule has 1 aliphatic heterocycles. The van der Waals surface area contributed by atoms with Crippen LogP contribution in [0.5, 0.6) is 0 Å². The number of aromatic nitrogens is 2. The maximum Gasteiger partial charge on any atom is 0.410 e. The van der Waals surface area contributed by atoms with Crippen LogP contribution in [0.4, 0.5) is 29.5 Å². The number of nitrogens with one attached hydrogen (secondary N) is 1. The van der Waals surface area contributed by atoms with Crippen LogP contribution in [0.1, 0.15) is 36.3 Å². The van der Waals surface area contributed by atoms with Gasteiger partial charge in [-0.2, -0.15) is 0 Å². The molecule has 6 rings (SSSR count). The van der Waals surface area contributed by atoms with Crippen LogP contribution in [0, 0.1) is 17.5 Å². The Morgan fingerprint density at radius 1 is 1.00 bits per heavy atom. The predicted octanol–water partition coefficient (Wildman–Crippen LogP) is 7.56. The van der Waals surface area contributed by atoms with Crippen LogP contribution in [-0.4, -0.2) is 62.2 Å². The first kappa shape index (κ1) is 37.4. The topological polar surface area (TPSA) is 131 Å². The molecule has 1 N–H and O–H groups in total. The third-order valence-electron chi connectivity index (χ3n) is 8.49. The molecule has 1 aliphatic rings. The molecule has 0 unspecified atom stereocenters. The number of anilines is 2. The molecule has 53 heavy (non-hydrogen) atoms. The smallest absolute Gasteiger partial charge is 0.410 e. The Labute approximate surface area is 308 Å². The molecule has 1 fully saturated rings. The second-order valence-electron chi connectivity index (χ2n) is 12.1. The van der Waals surface area contributed by atoms with Gasteiger partial charge in [-0.15, -0.1) is 11.3 Å². The van der Waals surface area contributed by atoms with Crippen molar-refractivity contribution in [2.45, 2.75) is 37.2 Å². The average Bonchev–Trinajstić information content (AvgIpc) is 3.60. The van der Waals surface area contributed by atoms with Crippen molar-refractivity contribution >= 4 is 44.9 Å². The summed E-state index contributed by atoms with van der Waals surface area (Å²) in [6.07, 6.45) is 2.14. The maximum absolute atomic E-state index is 16.8. The van der Waals surface area contributed by atoms with E-state index in [1.807, 2.05) is 30.3 Å². The van der Waals surface area contributed by atoms with Gasteiger partial charge >= 0.3 is 6.09 Å². The van der Waals surface area contributed by atoms with Gasteiger partial charge in [0.1, 0.15) is 35.7 Å². The number of likely N-dealkylation sites (tertiary alicyclic amines) is 1. The van der Waals surface area contributed by atoms with Crippen LogP contribution in [0.15, 0.2) is 90.0 Å². The molecule has 0 aliphatic carbocycles. The first-order valence-electron chi connectivity index (χ1n) is 16.4. The van der Waals surface area contributed by atoms with Crippen molar-refractivity contribution in [2.24, 2.45) is 0 Å². The largest absolute Gasteiger partial charge is 0.445 e. The van der Waals surface area contributed by atoms with E-state index in [1.54, 1.807) is 17.0 Å². The summed E-state index contributed by atoms with van der Waals surface area (Å²) in [6.45, 7) is 1.56. The third kappa shape index (κ3) is 8.34. The fourth-order valence-corrected chi connectivity index (χ4v) is 8.61. The molecule has 0 bridgehead atoms. The molecule has 0 spiro atoms. The van der Waals surface area contributed by atoms with Crippen LogP contribution in [0.25, 0.3) is 21.7 Å². The SMILES string of the molecule is COCN(c1cccc(-c2nc(C3CCN(C(=O)OCc4ccccc4)CC3)sc2-c2ccnc(NC(C)=O)c2)c1F)S(=O)(=O)c1cc(F)ccc1F. The number of halogens is 3. The van der Waals surface area contributed by atoms with Crippen molar-refractivity contribution in [3.63, 3.8) is 0 Å². The number of rotatable bonds is 11. The zero-order chi connectivity index (χ0) is 37.7. The van der Waals surface area contributed by atoms with Crippen LogP contribution < -0.4 is 9.62 Å². The number of pyridine rings is 1. The Hall–Kier alpha value is -5.32. The van der Waals surface area contributed by atoms with Gasteiger partial charge < -0.3 is 19.7 Å². The summed E-state index contributed by atoms with van der Waals surface area (Å²) < 4.78 is 84.2. The van der Waals surface area contributed by atoms with Gasteiger partial charge in [0.05, 0.1) is 21.3 Å². The van der Waals surface area contributed by atoms with Crippen LogP contribution in [0.3, 0.4) is 0 Å². The minimum atomic E-state index is -4.87. The molecule has 3 heterocycles. The van der Waals surface area contributed by atoms with Crippen LogP contribution in [-0.2, 0) is 30.9 Å². The predicted molar refractivity (Wildman–Crippen MR) is 193 cm³/mol. The van der Waals surface area contributed by atoms with Crippen molar-refractivity contribution in [3.8, 4) is 21.7 Å². The molecule has 276 valence electrons. The van der Waals surface area contributed by atoms with Gasteiger partial charge in [0.15, 0.2) is 5.82 Å². The molecule has 0 radical (unpaired) electrons. The highest BCUT2D eigenvalue weighted by Gasteiger charge is 2.33. The quantitative estimate of drug-likeness (QED) is 0.136. The number of ether oxygens (including phenoxy) is 2. The molecule has 2 aromatic heterocycles. The fraction of sp³-hybridized carbons (Fsp3) is 0.243. The number of hydrogen-bond acceptors (Lipinski definition) is 9. The number of carbonyl (C=O) groups is 2. The van der Waals surface area contributed by atoms with E-state index in [0.717, 1.165) is 11.6 Å². The monoisotopic (exact) mass is 765 g/mol. The number of carbonyl (C=O) groups excluding carboxylic acids is 2. The molecule has 0 saturated carbocycles. The Bertz CT molecular complexity index is 2230. The van der Waals surface area contributed by atoms with Crippen molar-refractivity contribution in [1.82, 2.24) is 14.9 Å². The number of thiazole rings is 1. The van der Waals surface area contributed by atoms with E-state index in [4.69, 9.17) is 14.5 Å². The number of amides is 2. The maximum atomic E-state index is 16.8. The van der Waals surface area contributed by atoms with Crippen molar-refractivity contribution in [3.05, 3.63) is 113 Å². The lowest BCUT2D eigenvalue weighted by atomic mass is 9.97. The lowest BCUT2D eigenvalue weighted by Crippen LogP contribution is -2.38. The molecular formula is C37H34F3N5O6S2. The minimum Gasteiger partial charge on any atom is -0.445 e. The lowest BCUT2D eigenvalue weighted by molar-refractivity contribution is -0.114. The number of hydrogen-bond donors (Lipinski definition) is 1. The van der Waals surface area contributed by atoms with E-state index in [-0.39, 0.29) is 35.5 Å². The van der Waals surface area contributed by atoms with E-state index in [9.17, 15) is 26.8 Å². The van der Waals surface area contributed by atoms with Gasteiger partial charge in [0.25, 0.3) is 10.0 Å². The van der Waals surface area contributed by atoms with Crippen molar-refractivity contribution in [1.29, 1.82) is 0 Å². The van der Waals surface area contributed by atoms with Crippen molar-refractivity contribution < 1.29 is 40.7 Å². The molecule has 1 saturated heterocycles. The summed E-state index contributed by atoms with van der Waals surface area (Å²) in [7, 11) is -3.69. The molecule has 2 amide bonds. The second kappa shape index (κ2) is 16.1. The zero-order valence-corrected chi connectivity index (χ0v) is 30.2. The standard InChI is InChI=1S/C37H34F3N5O6S2/c1-23(46)42-32-19-26(13-16-41-32)35-34(43-36(52-35)25-14-17-44(18-15-25)37(47)51-21-24-7-4-3-5-8-24)28-9-6-10-30(33(28)40)45(22-50-2)53(48,49)31-20-27(38)11-12-29(31)39/h3-13,16,19-20,25H,14-15,17-18,21-22H2,1-2H3,(H,41,42,46). The Morgan fingerprint density at radius 2 is 1.75 bits per heavy atom. The summed E-state index contributed by atoms with van der Waals surface area (Å²) in [4.78, 5) is 34.9. The Morgan fingerprint density at radius 3 is 2.47 bits per heavy atom. The normalized spacial score (nSPS) is 13.5. The Balaban J connectivity index is 1.35. The first-order valence-corrected chi connectivity index (χ1v) is 18.7. The first-order chi connectivity index (χ1) is 25.5. The summed E-state index contributed by atoms with van der Waals surface area (Å²) in [6, 6.07) is 18.7. The highest BCUT2D eigenvalue weighted by Crippen LogP contribution is 2.44. The molecule has 16 heteroatoms. The van der Waals surface area contributed by atoms with Gasteiger partial charge in [-0.05, 0) is 66.4 Å². The number of sulfonamides is 1. The van der Waals surface area contributed by atoms with Gasteiger partial charge in [-0.3, -0.25) is 4.79 Å². The second-order valence-corrected chi connectivity index (χ2v) is 15.0. The van der Waals surface area contributed by atoms with E-state index >= 15 is 4.39 Å². The number of nitrogens with zero attached hydrogens (tertiary/aromatic N) is 4. The van der Waals surface area contributed by atoms with Gasteiger partial charge in [-0.1, -0.05) is 36.4 Å². The molecule has 0 atom stereocenters. The Kier molecular flexibility index (Phi) is 11.4. The van der Waals surface area contributed by atoms with Crippen LogP contribution in [0.2, 0.25) is 0 Å². The summed E-state index contributed by atoms with van der Waals surface area (Å²) in [5.74, 6) is -3.44. The molecule has 3 aromatic carbocycles. The van der Waals surface area contributed by atoms with E-state index in [2.05, 4.69) is 10.3 Å². The van der Waals surface area contributed by atoms with E-state index in [0.29, 0.717) is 57.8 Å². The molecule has 5 aromatic rings. The summed E-state index contributed by atoms with van der Waals surface area (Å²) >= 11 is 1.30. The lowest BCUT2D eigenvalue weighted by Gasteiger charge is -2.30. The highest BCUT2D eigenvalue weighted by molar-refractivity contribution is 7.92. The third-order valence-corrected chi connectivity index (χ3v) is 11.5. The number of methoxy groups -OCH3 is 1. The summed E-state index contributed by atoms with van der Waals surface area (Å²) in [5.41, 5.74) is 1.05. The van der Waals surface area contributed by atoms with Gasteiger partial charge in [0, 0.05) is 44.8 Å². The molecule has 11 nitrogen and oxygen atoms in total. The minimum absolute atomic E-state index is 0.0733. The van der Waals surface area contributed by atoms with Crippen molar-refractivity contribution in [2.75, 3.05) is 36.6 Å². The fourth-order valence-electron chi connectivity index (χ4n) is 5.90. The van der Waals surface area contributed by atoms with Crippen LogP contribution >= 0.6 is 11.3 Å².